The summed E-state index contributed by atoms with van der Waals surface area (Å²) < 4.78 is 2.68. The van der Waals surface area contributed by atoms with Crippen LogP contribution < -0.4 is 0 Å². The molecule has 0 amide bonds. The number of hydrogen-bond donors (Lipinski definition) is 1. The second-order valence-corrected chi connectivity index (χ2v) is 3.40. The summed E-state index contributed by atoms with van der Waals surface area (Å²) in [7, 11) is 0. The van der Waals surface area contributed by atoms with Gasteiger partial charge in [0.2, 0.25) is 0 Å². The predicted octanol–water partition coefficient (Wildman–Crippen LogP) is 1.33. The van der Waals surface area contributed by atoms with Crippen LogP contribution in [-0.2, 0) is 6.54 Å². The van der Waals surface area contributed by atoms with Gasteiger partial charge in [-0.15, -0.1) is 0 Å². The van der Waals surface area contributed by atoms with Gasteiger partial charge in [-0.05, 0) is 29.8 Å². The minimum atomic E-state index is -0.356. The molecule has 0 aliphatic heterocycles. The molecule has 1 aromatic rings. The van der Waals surface area contributed by atoms with Crippen LogP contribution in [0, 0.1) is 6.92 Å². The average molecular weight is 219 g/mol. The van der Waals surface area contributed by atoms with Crippen molar-refractivity contribution in [2.24, 2.45) is 0 Å². The molecule has 62 valence electrons. The Kier molecular flexibility index (Phi) is 2.67. The third-order valence-electron chi connectivity index (χ3n) is 1.38. The number of aryl methyl sites for hydroxylation is 1. The first-order chi connectivity index (χ1) is 5.11. The number of halogens is 1. The number of rotatable bonds is 2. The molecule has 1 rings (SSSR count). The molecule has 0 spiro atoms. The molecule has 1 unspecified atom stereocenters. The molecule has 1 N–H and O–H groups in total. The van der Waals surface area contributed by atoms with Crippen molar-refractivity contribution >= 4 is 15.9 Å². The smallest absolute Gasteiger partial charge is 0.107 e. The van der Waals surface area contributed by atoms with E-state index in [0.717, 1.165) is 10.2 Å². The fourth-order valence-electron chi connectivity index (χ4n) is 0.841. The topological polar surface area (TPSA) is 38.0 Å². The van der Waals surface area contributed by atoms with Gasteiger partial charge in [0.1, 0.15) is 4.60 Å². The molecule has 1 aromatic heterocycles. The van der Waals surface area contributed by atoms with Gasteiger partial charge in [-0.3, -0.25) is 4.68 Å². The van der Waals surface area contributed by atoms with Crippen molar-refractivity contribution in [1.29, 1.82) is 0 Å². The van der Waals surface area contributed by atoms with Crippen LogP contribution in [0.25, 0.3) is 0 Å². The minimum absolute atomic E-state index is 0.356. The van der Waals surface area contributed by atoms with E-state index in [-0.39, 0.29) is 6.10 Å². The Hall–Kier alpha value is -0.350. The van der Waals surface area contributed by atoms with Crippen LogP contribution in [0.5, 0.6) is 0 Å². The fraction of sp³-hybridized carbons (Fsp3) is 0.571. The standard InChI is InChI=1S/C7H11BrN2O/c1-5-3-9-10(7(5)8)4-6(2)11/h3,6,11H,4H2,1-2H3. The molecule has 0 bridgehead atoms. The van der Waals surface area contributed by atoms with E-state index in [0.29, 0.717) is 6.54 Å². The molecule has 0 fully saturated rings. The monoisotopic (exact) mass is 218 g/mol. The van der Waals surface area contributed by atoms with Gasteiger partial charge in [-0.25, -0.2) is 0 Å². The summed E-state index contributed by atoms with van der Waals surface area (Å²) in [6, 6.07) is 0. The summed E-state index contributed by atoms with van der Waals surface area (Å²) in [5.74, 6) is 0. The van der Waals surface area contributed by atoms with E-state index in [2.05, 4.69) is 21.0 Å². The molecule has 0 saturated carbocycles. The van der Waals surface area contributed by atoms with Crippen LogP contribution in [-0.4, -0.2) is 21.0 Å². The molecule has 0 radical (unpaired) electrons. The molecule has 4 heteroatoms. The van der Waals surface area contributed by atoms with Gasteiger partial charge in [0.15, 0.2) is 0 Å². The first-order valence-corrected chi connectivity index (χ1v) is 4.26. The molecule has 1 heterocycles. The molecule has 0 aliphatic rings. The van der Waals surface area contributed by atoms with Crippen molar-refractivity contribution in [3.63, 3.8) is 0 Å². The lowest BCUT2D eigenvalue weighted by atomic mass is 10.4. The van der Waals surface area contributed by atoms with Crippen LogP contribution in [0.2, 0.25) is 0 Å². The largest absolute Gasteiger partial charge is 0.391 e. The highest BCUT2D eigenvalue weighted by molar-refractivity contribution is 9.10. The maximum Gasteiger partial charge on any atom is 0.107 e. The van der Waals surface area contributed by atoms with Crippen LogP contribution in [0.15, 0.2) is 10.8 Å². The number of aromatic nitrogens is 2. The van der Waals surface area contributed by atoms with Crippen molar-refractivity contribution in [1.82, 2.24) is 9.78 Å². The number of aliphatic hydroxyl groups excluding tert-OH is 1. The predicted molar refractivity (Wildman–Crippen MR) is 46.3 cm³/mol. The lowest BCUT2D eigenvalue weighted by Crippen LogP contribution is -2.12. The molecule has 0 aliphatic carbocycles. The highest BCUT2D eigenvalue weighted by atomic mass is 79.9. The van der Waals surface area contributed by atoms with Crippen molar-refractivity contribution < 1.29 is 5.11 Å². The van der Waals surface area contributed by atoms with Crippen LogP contribution >= 0.6 is 15.9 Å². The second-order valence-electron chi connectivity index (χ2n) is 2.65. The Bertz CT molecular complexity index is 245. The summed E-state index contributed by atoms with van der Waals surface area (Å²) in [5, 5.41) is 13.1. The fourth-order valence-corrected chi connectivity index (χ4v) is 1.18. The minimum Gasteiger partial charge on any atom is -0.391 e. The quantitative estimate of drug-likeness (QED) is 0.814. The Morgan fingerprint density at radius 3 is 2.82 bits per heavy atom. The molecule has 0 saturated heterocycles. The Morgan fingerprint density at radius 1 is 1.82 bits per heavy atom. The van der Waals surface area contributed by atoms with E-state index in [1.165, 1.54) is 0 Å². The van der Waals surface area contributed by atoms with Crippen molar-refractivity contribution in [3.8, 4) is 0 Å². The van der Waals surface area contributed by atoms with Gasteiger partial charge in [-0.1, -0.05) is 0 Å². The van der Waals surface area contributed by atoms with Gasteiger partial charge < -0.3 is 5.11 Å². The van der Waals surface area contributed by atoms with Crippen LogP contribution in [0.1, 0.15) is 12.5 Å². The first-order valence-electron chi connectivity index (χ1n) is 3.47. The maximum atomic E-state index is 9.06. The molecule has 1 atom stereocenters. The van der Waals surface area contributed by atoms with E-state index in [1.807, 2.05) is 6.92 Å². The lowest BCUT2D eigenvalue weighted by Gasteiger charge is -2.05. The Labute approximate surface area is 74.2 Å². The molecule has 11 heavy (non-hydrogen) atoms. The van der Waals surface area contributed by atoms with Gasteiger partial charge >= 0.3 is 0 Å². The molecular formula is C7H11BrN2O. The van der Waals surface area contributed by atoms with Crippen molar-refractivity contribution in [2.75, 3.05) is 0 Å². The highest BCUT2D eigenvalue weighted by Crippen LogP contribution is 2.14. The zero-order valence-electron chi connectivity index (χ0n) is 6.58. The third kappa shape index (κ3) is 2.04. The van der Waals surface area contributed by atoms with Crippen LogP contribution in [0.3, 0.4) is 0 Å². The first kappa shape index (κ1) is 8.74. The zero-order valence-corrected chi connectivity index (χ0v) is 8.17. The summed E-state index contributed by atoms with van der Waals surface area (Å²) in [5.41, 5.74) is 1.09. The summed E-state index contributed by atoms with van der Waals surface area (Å²) in [4.78, 5) is 0. The summed E-state index contributed by atoms with van der Waals surface area (Å²) in [6.45, 7) is 4.24. The molecule has 3 nitrogen and oxygen atoms in total. The Morgan fingerprint density at radius 2 is 2.45 bits per heavy atom. The third-order valence-corrected chi connectivity index (χ3v) is 2.41. The Balaban J connectivity index is 2.79. The van der Waals surface area contributed by atoms with Gasteiger partial charge in [0.05, 0.1) is 18.8 Å². The van der Waals surface area contributed by atoms with Crippen LogP contribution in [0.4, 0.5) is 0 Å². The van der Waals surface area contributed by atoms with Gasteiger partial charge in [-0.2, -0.15) is 5.10 Å². The van der Waals surface area contributed by atoms with Crippen molar-refractivity contribution in [3.05, 3.63) is 16.4 Å². The number of aliphatic hydroxyl groups is 1. The van der Waals surface area contributed by atoms with E-state index in [4.69, 9.17) is 5.11 Å². The number of nitrogens with zero attached hydrogens (tertiary/aromatic N) is 2. The maximum absolute atomic E-state index is 9.06. The summed E-state index contributed by atoms with van der Waals surface area (Å²) in [6.07, 6.45) is 1.41. The van der Waals surface area contributed by atoms with Gasteiger partial charge in [0.25, 0.3) is 0 Å². The van der Waals surface area contributed by atoms with E-state index in [1.54, 1.807) is 17.8 Å². The molecular weight excluding hydrogens is 208 g/mol. The van der Waals surface area contributed by atoms with Gasteiger partial charge in [0, 0.05) is 5.56 Å². The second kappa shape index (κ2) is 3.36. The number of hydrogen-bond acceptors (Lipinski definition) is 2. The normalized spacial score (nSPS) is 13.5. The highest BCUT2D eigenvalue weighted by Gasteiger charge is 2.05. The van der Waals surface area contributed by atoms with Crippen molar-refractivity contribution in [2.45, 2.75) is 26.5 Å². The molecule has 0 aromatic carbocycles. The van der Waals surface area contributed by atoms with E-state index < -0.39 is 0 Å². The SMILES string of the molecule is Cc1cnn(CC(C)O)c1Br. The zero-order chi connectivity index (χ0) is 8.43. The lowest BCUT2D eigenvalue weighted by molar-refractivity contribution is 0.167. The van der Waals surface area contributed by atoms with E-state index in [9.17, 15) is 0 Å². The average Bonchev–Trinajstić information content (AvgIpc) is 2.18. The summed E-state index contributed by atoms with van der Waals surface area (Å²) >= 11 is 3.37. The van der Waals surface area contributed by atoms with E-state index >= 15 is 0 Å².